The van der Waals surface area contributed by atoms with Gasteiger partial charge in [0, 0.05) is 31.7 Å². The molecule has 4 nitrogen and oxygen atoms in total. The van der Waals surface area contributed by atoms with Crippen molar-refractivity contribution >= 4 is 18.3 Å². The summed E-state index contributed by atoms with van der Waals surface area (Å²) in [5.41, 5.74) is 0. The highest BCUT2D eigenvalue weighted by Crippen LogP contribution is 2.18. The Balaban J connectivity index is 0.00000361. The van der Waals surface area contributed by atoms with Crippen LogP contribution in [0.1, 0.15) is 20.8 Å². The first-order chi connectivity index (χ1) is 8.70. The molecule has 1 amide bonds. The molecule has 8 heteroatoms. The van der Waals surface area contributed by atoms with Crippen LogP contribution in [-0.2, 0) is 4.79 Å². The number of hydrogen-bond acceptors (Lipinski definition) is 3. The molecule has 0 saturated carbocycles. The highest BCUT2D eigenvalue weighted by molar-refractivity contribution is 5.85. The Hall–Kier alpha value is -0.530. The van der Waals surface area contributed by atoms with E-state index in [0.717, 1.165) is 18.0 Å². The summed E-state index contributed by atoms with van der Waals surface area (Å²) in [5, 5.41) is 3.18. The van der Waals surface area contributed by atoms with E-state index in [1.165, 1.54) is 0 Å². The summed E-state index contributed by atoms with van der Waals surface area (Å²) in [6, 6.07) is -0.287. The maximum Gasteiger partial charge on any atom is 0.406 e. The minimum atomic E-state index is -4.35. The number of hydrogen-bond donors (Lipinski definition) is 1. The van der Waals surface area contributed by atoms with Crippen LogP contribution in [0.15, 0.2) is 0 Å². The van der Waals surface area contributed by atoms with Gasteiger partial charge in [-0.1, -0.05) is 0 Å². The number of alkyl halides is 3. The number of nitrogens with zero attached hydrogens (tertiary/aromatic N) is 2. The quantitative estimate of drug-likeness (QED) is 0.853. The molecule has 0 aliphatic carbocycles. The molecular formula is C12H23ClF3N3O. The second kappa shape index (κ2) is 8.05. The summed E-state index contributed by atoms with van der Waals surface area (Å²) in [6.45, 7) is 6.25. The lowest BCUT2D eigenvalue weighted by Gasteiger charge is -2.36. The fraction of sp³-hybridized carbons (Fsp3) is 0.917. The van der Waals surface area contributed by atoms with E-state index in [0.29, 0.717) is 6.54 Å². The van der Waals surface area contributed by atoms with Gasteiger partial charge in [-0.15, -0.1) is 12.4 Å². The van der Waals surface area contributed by atoms with E-state index < -0.39 is 24.7 Å². The zero-order valence-electron chi connectivity index (χ0n) is 12.0. The maximum absolute atomic E-state index is 12.5. The van der Waals surface area contributed by atoms with Crippen molar-refractivity contribution in [3.8, 4) is 0 Å². The summed E-state index contributed by atoms with van der Waals surface area (Å²) in [5.74, 6) is -0.457. The molecule has 1 aliphatic rings. The molecule has 1 heterocycles. The number of rotatable bonds is 4. The summed E-state index contributed by atoms with van der Waals surface area (Å²) < 4.78 is 37.4. The largest absolute Gasteiger partial charge is 0.406 e. The van der Waals surface area contributed by atoms with Crippen LogP contribution in [0.5, 0.6) is 0 Å². The molecular weight excluding hydrogens is 295 g/mol. The van der Waals surface area contributed by atoms with Crippen molar-refractivity contribution in [2.45, 2.75) is 39.0 Å². The van der Waals surface area contributed by atoms with E-state index in [1.807, 2.05) is 11.8 Å². The number of piperazine rings is 1. The fourth-order valence-electron chi connectivity index (χ4n) is 2.13. The summed E-state index contributed by atoms with van der Waals surface area (Å²) >= 11 is 0. The van der Waals surface area contributed by atoms with Crippen LogP contribution in [0.4, 0.5) is 13.2 Å². The van der Waals surface area contributed by atoms with Gasteiger partial charge in [0.15, 0.2) is 0 Å². The van der Waals surface area contributed by atoms with Crippen molar-refractivity contribution in [2.75, 3.05) is 32.7 Å². The normalized spacial score (nSPS) is 20.6. The molecule has 0 unspecified atom stereocenters. The summed E-state index contributed by atoms with van der Waals surface area (Å²) in [7, 11) is 0. The second-order valence-corrected chi connectivity index (χ2v) is 5.25. The number of amides is 1. The Bertz CT molecular complexity index is 313. The highest BCUT2D eigenvalue weighted by Gasteiger charge is 2.35. The monoisotopic (exact) mass is 317 g/mol. The highest BCUT2D eigenvalue weighted by atomic mass is 35.5. The third-order valence-corrected chi connectivity index (χ3v) is 3.27. The molecule has 20 heavy (non-hydrogen) atoms. The Labute approximate surface area is 124 Å². The van der Waals surface area contributed by atoms with Gasteiger partial charge in [0.2, 0.25) is 5.91 Å². The predicted octanol–water partition coefficient (Wildman–Crippen LogP) is 1.50. The van der Waals surface area contributed by atoms with E-state index in [1.54, 1.807) is 13.8 Å². The lowest BCUT2D eigenvalue weighted by molar-refractivity contribution is -0.165. The van der Waals surface area contributed by atoms with Crippen LogP contribution in [-0.4, -0.2) is 66.7 Å². The van der Waals surface area contributed by atoms with Crippen LogP contribution in [0.25, 0.3) is 0 Å². The Morgan fingerprint density at radius 3 is 2.50 bits per heavy atom. The predicted molar refractivity (Wildman–Crippen MR) is 74.1 cm³/mol. The lowest BCUT2D eigenvalue weighted by atomic mass is 10.2. The number of halogens is 4. The molecule has 120 valence electrons. The summed E-state index contributed by atoms with van der Waals surface area (Å²) in [4.78, 5) is 14.9. The van der Waals surface area contributed by atoms with Gasteiger partial charge in [-0.25, -0.2) is 0 Å². The maximum atomic E-state index is 12.5. The third-order valence-electron chi connectivity index (χ3n) is 3.27. The lowest BCUT2D eigenvalue weighted by Crippen LogP contribution is -2.54. The van der Waals surface area contributed by atoms with E-state index in [-0.39, 0.29) is 25.0 Å². The van der Waals surface area contributed by atoms with Crippen molar-refractivity contribution in [1.82, 2.24) is 15.1 Å². The van der Waals surface area contributed by atoms with Crippen LogP contribution in [0.2, 0.25) is 0 Å². The standard InChI is InChI=1S/C12H22F3N3O.ClH/c1-9(2)18(8-12(13,14)15)11(19)7-17-5-4-16-6-10(17)3;/h9-10,16H,4-8H2,1-3H3;1H/t10-;/m0./s1. The Kier molecular flexibility index (Phi) is 7.83. The van der Waals surface area contributed by atoms with Crippen molar-refractivity contribution in [3.63, 3.8) is 0 Å². The first-order valence-electron chi connectivity index (χ1n) is 6.51. The zero-order valence-corrected chi connectivity index (χ0v) is 12.9. The van der Waals surface area contributed by atoms with Crippen LogP contribution in [0, 0.1) is 0 Å². The molecule has 1 fully saturated rings. The number of carbonyl (C=O) groups is 1. The first kappa shape index (κ1) is 19.5. The van der Waals surface area contributed by atoms with Gasteiger partial charge in [-0.05, 0) is 20.8 Å². The van der Waals surface area contributed by atoms with Crippen LogP contribution >= 0.6 is 12.4 Å². The molecule has 0 aromatic heterocycles. The van der Waals surface area contributed by atoms with E-state index in [2.05, 4.69) is 5.32 Å². The zero-order chi connectivity index (χ0) is 14.6. The minimum absolute atomic E-state index is 0. The van der Waals surface area contributed by atoms with Gasteiger partial charge < -0.3 is 10.2 Å². The summed E-state index contributed by atoms with van der Waals surface area (Å²) in [6.07, 6.45) is -4.35. The van der Waals surface area contributed by atoms with Gasteiger partial charge in [0.25, 0.3) is 0 Å². The molecule has 1 aliphatic heterocycles. The van der Waals surface area contributed by atoms with Gasteiger partial charge in [0.1, 0.15) is 6.54 Å². The first-order valence-corrected chi connectivity index (χ1v) is 6.51. The smallest absolute Gasteiger partial charge is 0.330 e. The molecule has 0 spiro atoms. The van der Waals surface area contributed by atoms with E-state index in [4.69, 9.17) is 0 Å². The van der Waals surface area contributed by atoms with Gasteiger partial charge in [-0.3, -0.25) is 9.69 Å². The van der Waals surface area contributed by atoms with Gasteiger partial charge in [0.05, 0.1) is 6.54 Å². The molecule has 0 aromatic carbocycles. The van der Waals surface area contributed by atoms with Crippen LogP contribution in [0.3, 0.4) is 0 Å². The number of nitrogens with one attached hydrogen (secondary N) is 1. The van der Waals surface area contributed by atoms with Gasteiger partial charge >= 0.3 is 6.18 Å². The van der Waals surface area contributed by atoms with Crippen LogP contribution < -0.4 is 5.32 Å². The SMILES string of the molecule is CC(C)N(CC(F)(F)F)C(=O)CN1CCNC[C@@H]1C.Cl. The minimum Gasteiger partial charge on any atom is -0.330 e. The topological polar surface area (TPSA) is 35.6 Å². The van der Waals surface area contributed by atoms with E-state index >= 15 is 0 Å². The molecule has 1 atom stereocenters. The average molecular weight is 318 g/mol. The third kappa shape index (κ3) is 6.28. The number of carbonyl (C=O) groups excluding carboxylic acids is 1. The van der Waals surface area contributed by atoms with Crippen molar-refractivity contribution in [2.24, 2.45) is 0 Å². The Morgan fingerprint density at radius 2 is 2.05 bits per heavy atom. The van der Waals surface area contributed by atoms with Crippen molar-refractivity contribution < 1.29 is 18.0 Å². The molecule has 1 rings (SSSR count). The fourth-order valence-corrected chi connectivity index (χ4v) is 2.13. The van der Waals surface area contributed by atoms with Gasteiger partial charge in [-0.2, -0.15) is 13.2 Å². The van der Waals surface area contributed by atoms with Crippen molar-refractivity contribution in [3.05, 3.63) is 0 Å². The molecule has 0 radical (unpaired) electrons. The molecule has 0 bridgehead atoms. The average Bonchev–Trinajstić information content (AvgIpc) is 2.27. The molecule has 0 aromatic rings. The van der Waals surface area contributed by atoms with E-state index in [9.17, 15) is 18.0 Å². The Morgan fingerprint density at radius 1 is 1.45 bits per heavy atom. The molecule has 1 N–H and O–H groups in total. The van der Waals surface area contributed by atoms with Crippen molar-refractivity contribution in [1.29, 1.82) is 0 Å². The molecule has 1 saturated heterocycles. The second-order valence-electron chi connectivity index (χ2n) is 5.25.